The molecule has 1 heterocycles. The molecule has 3 nitrogen and oxygen atoms in total. The Balaban J connectivity index is 1.72. The summed E-state index contributed by atoms with van der Waals surface area (Å²) < 4.78 is 11.5. The zero-order valence-corrected chi connectivity index (χ0v) is 11.4. The molecule has 0 bridgehead atoms. The molecular weight excluding hydrogens is 250 g/mol. The minimum absolute atomic E-state index is 0.218. The third-order valence-electron chi connectivity index (χ3n) is 3.45. The fraction of sp³-hybridized carbons (Fsp3) is 0.294. The van der Waals surface area contributed by atoms with Crippen LogP contribution in [-0.2, 0) is 11.3 Å². The van der Waals surface area contributed by atoms with Crippen molar-refractivity contribution in [2.24, 2.45) is 0 Å². The highest BCUT2D eigenvalue weighted by molar-refractivity contribution is 5.36. The molecule has 2 aromatic rings. The van der Waals surface area contributed by atoms with Gasteiger partial charge in [-0.25, -0.2) is 0 Å². The van der Waals surface area contributed by atoms with Crippen LogP contribution in [0.3, 0.4) is 0 Å². The highest BCUT2D eigenvalue weighted by atomic mass is 16.5. The van der Waals surface area contributed by atoms with Crippen molar-refractivity contribution in [2.75, 3.05) is 19.8 Å². The van der Waals surface area contributed by atoms with Crippen molar-refractivity contribution in [3.05, 3.63) is 65.7 Å². The topological polar surface area (TPSA) is 30.5 Å². The zero-order chi connectivity index (χ0) is 13.6. The van der Waals surface area contributed by atoms with Crippen LogP contribution in [-0.4, -0.2) is 19.8 Å². The summed E-state index contributed by atoms with van der Waals surface area (Å²) in [6.07, 6.45) is 0. The molecule has 0 aromatic heterocycles. The van der Waals surface area contributed by atoms with Crippen LogP contribution in [0.5, 0.6) is 5.75 Å². The molecule has 0 spiro atoms. The van der Waals surface area contributed by atoms with Crippen molar-refractivity contribution in [1.82, 2.24) is 5.32 Å². The van der Waals surface area contributed by atoms with Gasteiger partial charge in [0.2, 0.25) is 0 Å². The SMILES string of the molecule is c1ccc(COc2ccccc2[C@@H]2COCCN2)cc1. The Bertz CT molecular complexity index is 536. The largest absolute Gasteiger partial charge is 0.489 e. The normalized spacial score (nSPS) is 18.7. The second kappa shape index (κ2) is 6.55. The van der Waals surface area contributed by atoms with Gasteiger partial charge < -0.3 is 14.8 Å². The minimum atomic E-state index is 0.218. The molecule has 1 fully saturated rings. The molecule has 0 saturated carbocycles. The maximum Gasteiger partial charge on any atom is 0.124 e. The first kappa shape index (κ1) is 13.2. The summed E-state index contributed by atoms with van der Waals surface area (Å²) in [5, 5.41) is 3.47. The van der Waals surface area contributed by atoms with E-state index in [1.165, 1.54) is 11.1 Å². The molecule has 0 unspecified atom stereocenters. The number of ether oxygens (including phenoxy) is 2. The van der Waals surface area contributed by atoms with Gasteiger partial charge in [0.15, 0.2) is 0 Å². The Labute approximate surface area is 119 Å². The maximum absolute atomic E-state index is 5.98. The van der Waals surface area contributed by atoms with E-state index in [9.17, 15) is 0 Å². The van der Waals surface area contributed by atoms with Gasteiger partial charge >= 0.3 is 0 Å². The molecule has 0 amide bonds. The lowest BCUT2D eigenvalue weighted by atomic mass is 10.1. The molecule has 3 heteroatoms. The number of para-hydroxylation sites is 1. The van der Waals surface area contributed by atoms with Crippen LogP contribution < -0.4 is 10.1 Å². The molecule has 2 aromatic carbocycles. The first-order valence-corrected chi connectivity index (χ1v) is 7.00. The van der Waals surface area contributed by atoms with Gasteiger partial charge in [0.05, 0.1) is 19.3 Å². The lowest BCUT2D eigenvalue weighted by Crippen LogP contribution is -2.34. The van der Waals surface area contributed by atoms with Crippen molar-refractivity contribution in [3.63, 3.8) is 0 Å². The van der Waals surface area contributed by atoms with E-state index < -0.39 is 0 Å². The summed E-state index contributed by atoms with van der Waals surface area (Å²) in [5.74, 6) is 0.930. The summed E-state index contributed by atoms with van der Waals surface area (Å²) in [4.78, 5) is 0. The Morgan fingerprint density at radius 1 is 1.05 bits per heavy atom. The lowest BCUT2D eigenvalue weighted by Gasteiger charge is -2.25. The van der Waals surface area contributed by atoms with E-state index >= 15 is 0 Å². The van der Waals surface area contributed by atoms with E-state index in [4.69, 9.17) is 9.47 Å². The van der Waals surface area contributed by atoms with Crippen LogP contribution in [0.25, 0.3) is 0 Å². The van der Waals surface area contributed by atoms with Crippen molar-refractivity contribution in [3.8, 4) is 5.75 Å². The average molecular weight is 269 g/mol. The van der Waals surface area contributed by atoms with Gasteiger partial charge in [-0.1, -0.05) is 48.5 Å². The van der Waals surface area contributed by atoms with Gasteiger partial charge in [-0.05, 0) is 11.6 Å². The molecule has 0 aliphatic carbocycles. The van der Waals surface area contributed by atoms with E-state index in [1.54, 1.807) is 0 Å². The minimum Gasteiger partial charge on any atom is -0.489 e. The third kappa shape index (κ3) is 3.18. The molecule has 1 N–H and O–H groups in total. The second-order valence-corrected chi connectivity index (χ2v) is 4.89. The molecule has 1 aliphatic rings. The Morgan fingerprint density at radius 2 is 1.85 bits per heavy atom. The standard InChI is InChI=1S/C17H19NO2/c1-2-6-14(7-3-1)12-20-17-9-5-4-8-15(17)16-13-19-11-10-18-16/h1-9,16,18H,10-13H2/t16-/m0/s1. The van der Waals surface area contributed by atoms with Gasteiger partial charge in [0.25, 0.3) is 0 Å². The fourth-order valence-electron chi connectivity index (χ4n) is 2.40. The number of hydrogen-bond acceptors (Lipinski definition) is 3. The predicted molar refractivity (Wildman–Crippen MR) is 78.8 cm³/mol. The van der Waals surface area contributed by atoms with Crippen LogP contribution in [0.2, 0.25) is 0 Å². The van der Waals surface area contributed by atoms with Crippen molar-refractivity contribution in [1.29, 1.82) is 0 Å². The number of rotatable bonds is 4. The fourth-order valence-corrected chi connectivity index (χ4v) is 2.40. The summed E-state index contributed by atoms with van der Waals surface area (Å²) in [7, 11) is 0. The highest BCUT2D eigenvalue weighted by Crippen LogP contribution is 2.27. The summed E-state index contributed by atoms with van der Waals surface area (Å²) in [6, 6.07) is 18.6. The van der Waals surface area contributed by atoms with Crippen LogP contribution >= 0.6 is 0 Å². The summed E-state index contributed by atoms with van der Waals surface area (Å²) >= 11 is 0. The predicted octanol–water partition coefficient (Wildman–Crippen LogP) is 2.93. The lowest BCUT2D eigenvalue weighted by molar-refractivity contribution is 0.0757. The Morgan fingerprint density at radius 3 is 2.65 bits per heavy atom. The van der Waals surface area contributed by atoms with E-state index in [0.29, 0.717) is 13.2 Å². The van der Waals surface area contributed by atoms with E-state index in [2.05, 4.69) is 23.5 Å². The maximum atomic E-state index is 5.98. The van der Waals surface area contributed by atoms with Crippen LogP contribution in [0.4, 0.5) is 0 Å². The molecule has 3 rings (SSSR count). The zero-order valence-electron chi connectivity index (χ0n) is 11.4. The number of hydrogen-bond donors (Lipinski definition) is 1. The van der Waals surface area contributed by atoms with E-state index in [0.717, 1.165) is 18.9 Å². The van der Waals surface area contributed by atoms with Crippen molar-refractivity contribution in [2.45, 2.75) is 12.6 Å². The second-order valence-electron chi connectivity index (χ2n) is 4.89. The van der Waals surface area contributed by atoms with Gasteiger partial charge in [0.1, 0.15) is 12.4 Å². The number of morpholine rings is 1. The smallest absolute Gasteiger partial charge is 0.124 e. The number of nitrogens with one attached hydrogen (secondary N) is 1. The molecular formula is C17H19NO2. The molecule has 1 aliphatic heterocycles. The van der Waals surface area contributed by atoms with Crippen LogP contribution in [0.15, 0.2) is 54.6 Å². The molecule has 20 heavy (non-hydrogen) atoms. The van der Waals surface area contributed by atoms with Gasteiger partial charge in [0, 0.05) is 12.1 Å². The molecule has 104 valence electrons. The first-order chi connectivity index (χ1) is 9.93. The monoisotopic (exact) mass is 269 g/mol. The van der Waals surface area contributed by atoms with Crippen molar-refractivity contribution < 1.29 is 9.47 Å². The Hall–Kier alpha value is -1.84. The highest BCUT2D eigenvalue weighted by Gasteiger charge is 2.18. The van der Waals surface area contributed by atoms with Crippen molar-refractivity contribution >= 4 is 0 Å². The average Bonchev–Trinajstić information content (AvgIpc) is 2.55. The van der Waals surface area contributed by atoms with E-state index in [1.807, 2.05) is 36.4 Å². The first-order valence-electron chi connectivity index (χ1n) is 7.00. The molecule has 0 radical (unpaired) electrons. The Kier molecular flexibility index (Phi) is 4.31. The van der Waals surface area contributed by atoms with E-state index in [-0.39, 0.29) is 6.04 Å². The third-order valence-corrected chi connectivity index (χ3v) is 3.45. The van der Waals surface area contributed by atoms with Gasteiger partial charge in [-0.2, -0.15) is 0 Å². The molecule has 1 atom stereocenters. The van der Waals surface area contributed by atoms with Gasteiger partial charge in [-0.3, -0.25) is 0 Å². The quantitative estimate of drug-likeness (QED) is 0.925. The molecule has 1 saturated heterocycles. The van der Waals surface area contributed by atoms with Crippen LogP contribution in [0, 0.1) is 0 Å². The summed E-state index contributed by atoms with van der Waals surface area (Å²) in [5.41, 5.74) is 2.35. The van der Waals surface area contributed by atoms with Crippen LogP contribution in [0.1, 0.15) is 17.2 Å². The number of benzene rings is 2. The summed E-state index contributed by atoms with van der Waals surface area (Å²) in [6.45, 7) is 2.96. The van der Waals surface area contributed by atoms with Gasteiger partial charge in [-0.15, -0.1) is 0 Å².